The Morgan fingerprint density at radius 1 is 1.47 bits per heavy atom. The van der Waals surface area contributed by atoms with E-state index in [1.54, 1.807) is 6.21 Å². The second kappa shape index (κ2) is 5.76. The zero-order chi connectivity index (χ0) is 14.6. The fourth-order valence-corrected chi connectivity index (χ4v) is 1.72. The molecular formula is C10H14N4O4S. The fourth-order valence-electron chi connectivity index (χ4n) is 1.19. The summed E-state index contributed by atoms with van der Waals surface area (Å²) in [4.78, 5) is 9.85. The van der Waals surface area contributed by atoms with Crippen molar-refractivity contribution < 1.29 is 13.3 Å². The summed E-state index contributed by atoms with van der Waals surface area (Å²) < 4.78 is 22.3. The van der Waals surface area contributed by atoms with Crippen molar-refractivity contribution in [2.45, 2.75) is 18.7 Å². The molecule has 0 saturated carbocycles. The van der Waals surface area contributed by atoms with Crippen LogP contribution in [0.2, 0.25) is 0 Å². The molecule has 19 heavy (non-hydrogen) atoms. The van der Waals surface area contributed by atoms with Crippen LogP contribution in [0.3, 0.4) is 0 Å². The lowest BCUT2D eigenvalue weighted by Gasteiger charge is -2.04. The molecule has 0 radical (unpaired) electrons. The van der Waals surface area contributed by atoms with Crippen molar-refractivity contribution in [3.8, 4) is 0 Å². The van der Waals surface area contributed by atoms with Gasteiger partial charge in [-0.05, 0) is 18.1 Å². The minimum Gasteiger partial charge on any atom is -0.272 e. The molecule has 0 atom stereocenters. The standard InChI is InChI=1S/C10H14N4O4S/c1-7(2)6-12-13-9-4-3-8(19(11,17)18)5-10(9)14(15)16/h3-7,13H,1-2H3,(H2,11,17,18)/b12-6+. The van der Waals surface area contributed by atoms with Crippen molar-refractivity contribution in [3.63, 3.8) is 0 Å². The van der Waals surface area contributed by atoms with Gasteiger partial charge >= 0.3 is 0 Å². The minimum absolute atomic E-state index is 0.0919. The van der Waals surface area contributed by atoms with E-state index in [4.69, 9.17) is 5.14 Å². The molecule has 0 spiro atoms. The molecule has 9 heteroatoms. The summed E-state index contributed by atoms with van der Waals surface area (Å²) in [7, 11) is -3.98. The van der Waals surface area contributed by atoms with Crippen LogP contribution in [-0.4, -0.2) is 19.6 Å². The van der Waals surface area contributed by atoms with Crippen molar-refractivity contribution in [1.29, 1.82) is 0 Å². The van der Waals surface area contributed by atoms with Crippen LogP contribution in [0.4, 0.5) is 11.4 Å². The van der Waals surface area contributed by atoms with E-state index in [1.165, 1.54) is 12.1 Å². The second-order valence-corrected chi connectivity index (χ2v) is 5.68. The summed E-state index contributed by atoms with van der Waals surface area (Å²) in [5.41, 5.74) is 2.18. The number of hydrogen-bond donors (Lipinski definition) is 2. The highest BCUT2D eigenvalue weighted by molar-refractivity contribution is 7.89. The van der Waals surface area contributed by atoms with Crippen LogP contribution in [0.15, 0.2) is 28.2 Å². The lowest BCUT2D eigenvalue weighted by Crippen LogP contribution is -2.12. The Kier molecular flexibility index (Phi) is 4.57. The normalized spacial score (nSPS) is 12.0. The van der Waals surface area contributed by atoms with E-state index < -0.39 is 20.6 Å². The number of sulfonamides is 1. The first kappa shape index (κ1) is 15.1. The number of hydrazone groups is 1. The summed E-state index contributed by atoms with van der Waals surface area (Å²) in [5.74, 6) is 0.176. The number of nitro groups is 1. The molecule has 0 aliphatic rings. The van der Waals surface area contributed by atoms with E-state index in [0.717, 1.165) is 6.07 Å². The van der Waals surface area contributed by atoms with Gasteiger partial charge < -0.3 is 0 Å². The molecule has 0 amide bonds. The lowest BCUT2D eigenvalue weighted by molar-refractivity contribution is -0.384. The SMILES string of the molecule is CC(C)/C=N/Nc1ccc(S(N)(=O)=O)cc1[N+](=O)[O-]. The van der Waals surface area contributed by atoms with Crippen molar-refractivity contribution in [3.05, 3.63) is 28.3 Å². The average Bonchev–Trinajstić information content (AvgIpc) is 2.27. The number of nitro benzene ring substituents is 1. The third-order valence-electron chi connectivity index (χ3n) is 2.05. The molecule has 0 aromatic heterocycles. The Labute approximate surface area is 110 Å². The van der Waals surface area contributed by atoms with E-state index in [1.807, 2.05) is 13.8 Å². The van der Waals surface area contributed by atoms with Gasteiger partial charge in [-0.25, -0.2) is 13.6 Å². The molecule has 1 aromatic carbocycles. The molecule has 3 N–H and O–H groups in total. The van der Waals surface area contributed by atoms with Crippen LogP contribution >= 0.6 is 0 Å². The Balaban J connectivity index is 3.16. The molecule has 0 aliphatic heterocycles. The van der Waals surface area contributed by atoms with Gasteiger partial charge in [0.1, 0.15) is 5.69 Å². The van der Waals surface area contributed by atoms with Crippen LogP contribution in [0.5, 0.6) is 0 Å². The Morgan fingerprint density at radius 2 is 2.11 bits per heavy atom. The summed E-state index contributed by atoms with van der Waals surface area (Å²) >= 11 is 0. The molecule has 0 heterocycles. The lowest BCUT2D eigenvalue weighted by atomic mass is 10.2. The maximum Gasteiger partial charge on any atom is 0.295 e. The number of benzene rings is 1. The Bertz CT molecular complexity index is 610. The maximum atomic E-state index is 11.1. The molecule has 0 bridgehead atoms. The molecule has 0 fully saturated rings. The van der Waals surface area contributed by atoms with Crippen molar-refractivity contribution in [1.82, 2.24) is 0 Å². The quantitative estimate of drug-likeness (QED) is 0.479. The molecular weight excluding hydrogens is 272 g/mol. The van der Waals surface area contributed by atoms with E-state index >= 15 is 0 Å². The highest BCUT2D eigenvalue weighted by atomic mass is 32.2. The second-order valence-electron chi connectivity index (χ2n) is 4.12. The number of nitrogens with zero attached hydrogens (tertiary/aromatic N) is 2. The molecule has 0 saturated heterocycles. The Hall–Kier alpha value is -2.00. The average molecular weight is 286 g/mol. The van der Waals surface area contributed by atoms with E-state index in [0.29, 0.717) is 0 Å². The number of anilines is 1. The first-order valence-electron chi connectivity index (χ1n) is 5.32. The molecule has 0 unspecified atom stereocenters. The summed E-state index contributed by atoms with van der Waals surface area (Å²) in [5, 5.41) is 19.6. The van der Waals surface area contributed by atoms with Gasteiger partial charge in [0.15, 0.2) is 0 Å². The minimum atomic E-state index is -3.98. The van der Waals surface area contributed by atoms with Gasteiger partial charge in [-0.2, -0.15) is 5.10 Å². The number of rotatable bonds is 5. The van der Waals surface area contributed by atoms with Gasteiger partial charge in [0, 0.05) is 12.3 Å². The molecule has 104 valence electrons. The summed E-state index contributed by atoms with van der Waals surface area (Å²) in [6, 6.07) is 3.31. The molecule has 0 aliphatic carbocycles. The maximum absolute atomic E-state index is 11.1. The zero-order valence-corrected chi connectivity index (χ0v) is 11.2. The largest absolute Gasteiger partial charge is 0.295 e. The summed E-state index contributed by atoms with van der Waals surface area (Å²) in [6.07, 6.45) is 1.57. The van der Waals surface area contributed by atoms with Gasteiger partial charge in [-0.15, -0.1) is 0 Å². The van der Waals surface area contributed by atoms with E-state index in [2.05, 4.69) is 10.5 Å². The predicted molar refractivity (Wildman–Crippen MR) is 71.4 cm³/mol. The van der Waals surface area contributed by atoms with Gasteiger partial charge in [-0.3, -0.25) is 15.5 Å². The van der Waals surface area contributed by atoms with Gasteiger partial charge in [0.05, 0.1) is 9.82 Å². The molecule has 8 nitrogen and oxygen atoms in total. The van der Waals surface area contributed by atoms with Gasteiger partial charge in [0.2, 0.25) is 10.0 Å². The predicted octanol–water partition coefficient (Wildman–Crippen LogP) is 1.30. The zero-order valence-electron chi connectivity index (χ0n) is 10.4. The molecule has 1 rings (SSSR count). The van der Waals surface area contributed by atoms with Gasteiger partial charge in [-0.1, -0.05) is 13.8 Å². The van der Waals surface area contributed by atoms with Crippen LogP contribution in [0.1, 0.15) is 13.8 Å². The number of nitrogens with one attached hydrogen (secondary N) is 1. The van der Waals surface area contributed by atoms with Crippen molar-refractivity contribution in [2.24, 2.45) is 16.2 Å². The van der Waals surface area contributed by atoms with Crippen LogP contribution in [-0.2, 0) is 10.0 Å². The van der Waals surface area contributed by atoms with Gasteiger partial charge in [0.25, 0.3) is 5.69 Å². The Morgan fingerprint density at radius 3 is 2.58 bits per heavy atom. The smallest absolute Gasteiger partial charge is 0.272 e. The fraction of sp³-hybridized carbons (Fsp3) is 0.300. The number of primary sulfonamides is 1. The van der Waals surface area contributed by atoms with E-state index in [-0.39, 0.29) is 16.5 Å². The number of nitrogens with two attached hydrogens (primary N) is 1. The monoisotopic (exact) mass is 286 g/mol. The van der Waals surface area contributed by atoms with E-state index in [9.17, 15) is 18.5 Å². The third kappa shape index (κ3) is 4.30. The highest BCUT2D eigenvalue weighted by Crippen LogP contribution is 2.27. The highest BCUT2D eigenvalue weighted by Gasteiger charge is 2.18. The van der Waals surface area contributed by atoms with Crippen molar-refractivity contribution >= 4 is 27.6 Å². The molecule has 1 aromatic rings. The first-order chi connectivity index (χ1) is 8.71. The number of hydrogen-bond acceptors (Lipinski definition) is 6. The third-order valence-corrected chi connectivity index (χ3v) is 2.96. The summed E-state index contributed by atoms with van der Waals surface area (Å²) in [6.45, 7) is 3.79. The van der Waals surface area contributed by atoms with Crippen molar-refractivity contribution in [2.75, 3.05) is 5.43 Å². The first-order valence-corrected chi connectivity index (χ1v) is 6.87. The van der Waals surface area contributed by atoms with Crippen LogP contribution < -0.4 is 10.6 Å². The van der Waals surface area contributed by atoms with Crippen LogP contribution in [0, 0.1) is 16.0 Å². The van der Waals surface area contributed by atoms with Crippen LogP contribution in [0.25, 0.3) is 0 Å². The topological polar surface area (TPSA) is 128 Å².